The van der Waals surface area contributed by atoms with Gasteiger partial charge in [-0.15, -0.1) is 0 Å². The maximum absolute atomic E-state index is 13.4. The molecule has 32 heavy (non-hydrogen) atoms. The fraction of sp³-hybridized carbons (Fsp3) is 0.136. The Balaban J connectivity index is 1.91. The summed E-state index contributed by atoms with van der Waals surface area (Å²) in [6, 6.07) is 14.6. The van der Waals surface area contributed by atoms with E-state index in [-0.39, 0.29) is 27.2 Å². The van der Waals surface area contributed by atoms with Crippen molar-refractivity contribution in [3.05, 3.63) is 92.7 Å². The molecule has 0 aromatic heterocycles. The smallest absolute Gasteiger partial charge is 0.243 e. The second-order valence-electron chi connectivity index (χ2n) is 7.00. The SMILES string of the molecule is Cc1ccc(S(=O)(=O)N(CC(=O)Nc2ccc(F)c(Cl)c2)Cc2ccc(Cl)cc2Cl)cc1. The second-order valence-corrected chi connectivity index (χ2v) is 10.2. The predicted octanol–water partition coefficient (Wildman–Crippen LogP) is 5.92. The molecule has 0 saturated heterocycles. The van der Waals surface area contributed by atoms with Crippen LogP contribution in [-0.4, -0.2) is 25.2 Å². The first kappa shape index (κ1) is 24.5. The summed E-state index contributed by atoms with van der Waals surface area (Å²) in [4.78, 5) is 12.7. The van der Waals surface area contributed by atoms with Crippen LogP contribution in [0.3, 0.4) is 0 Å². The van der Waals surface area contributed by atoms with Crippen LogP contribution >= 0.6 is 34.8 Å². The van der Waals surface area contributed by atoms with Crippen LogP contribution in [0.15, 0.2) is 65.6 Å². The Labute approximate surface area is 200 Å². The van der Waals surface area contributed by atoms with E-state index < -0.39 is 28.3 Å². The van der Waals surface area contributed by atoms with Gasteiger partial charge in [0.05, 0.1) is 16.5 Å². The van der Waals surface area contributed by atoms with E-state index in [4.69, 9.17) is 34.8 Å². The zero-order chi connectivity index (χ0) is 23.5. The summed E-state index contributed by atoms with van der Waals surface area (Å²) in [5.41, 5.74) is 1.60. The van der Waals surface area contributed by atoms with Crippen molar-refractivity contribution in [2.75, 3.05) is 11.9 Å². The lowest BCUT2D eigenvalue weighted by Gasteiger charge is -2.22. The largest absolute Gasteiger partial charge is 0.325 e. The van der Waals surface area contributed by atoms with Crippen molar-refractivity contribution < 1.29 is 17.6 Å². The van der Waals surface area contributed by atoms with E-state index in [0.717, 1.165) is 15.9 Å². The molecule has 0 aliphatic heterocycles. The number of amides is 1. The molecular formula is C22H18Cl3FN2O3S. The van der Waals surface area contributed by atoms with Gasteiger partial charge in [0.25, 0.3) is 0 Å². The molecular weight excluding hydrogens is 498 g/mol. The van der Waals surface area contributed by atoms with Crippen molar-refractivity contribution in [1.29, 1.82) is 0 Å². The highest BCUT2D eigenvalue weighted by Crippen LogP contribution is 2.26. The van der Waals surface area contributed by atoms with Gasteiger partial charge in [-0.3, -0.25) is 4.79 Å². The Morgan fingerprint density at radius 1 is 0.969 bits per heavy atom. The van der Waals surface area contributed by atoms with Crippen LogP contribution in [0, 0.1) is 12.7 Å². The Morgan fingerprint density at radius 2 is 1.66 bits per heavy atom. The minimum Gasteiger partial charge on any atom is -0.325 e. The van der Waals surface area contributed by atoms with Crippen molar-refractivity contribution in [2.24, 2.45) is 0 Å². The number of carbonyl (C=O) groups excluding carboxylic acids is 1. The summed E-state index contributed by atoms with van der Waals surface area (Å²) in [5.74, 6) is -1.26. The first-order valence-electron chi connectivity index (χ1n) is 9.32. The first-order chi connectivity index (χ1) is 15.1. The highest BCUT2D eigenvalue weighted by Gasteiger charge is 2.27. The maximum atomic E-state index is 13.4. The molecule has 0 spiro atoms. The molecule has 0 aliphatic rings. The predicted molar refractivity (Wildman–Crippen MR) is 125 cm³/mol. The third kappa shape index (κ3) is 5.99. The zero-order valence-electron chi connectivity index (χ0n) is 16.8. The number of benzene rings is 3. The molecule has 0 aliphatic carbocycles. The summed E-state index contributed by atoms with van der Waals surface area (Å²) in [6.45, 7) is 1.16. The van der Waals surface area contributed by atoms with E-state index in [0.29, 0.717) is 10.6 Å². The number of aryl methyl sites for hydroxylation is 1. The van der Waals surface area contributed by atoms with Crippen molar-refractivity contribution in [1.82, 2.24) is 4.31 Å². The van der Waals surface area contributed by atoms with Crippen LogP contribution in [0.2, 0.25) is 15.1 Å². The van der Waals surface area contributed by atoms with Gasteiger partial charge < -0.3 is 5.32 Å². The van der Waals surface area contributed by atoms with E-state index >= 15 is 0 Å². The molecule has 0 unspecified atom stereocenters. The Bertz CT molecular complexity index is 1250. The monoisotopic (exact) mass is 514 g/mol. The molecule has 5 nitrogen and oxygen atoms in total. The van der Waals surface area contributed by atoms with Gasteiger partial charge in [-0.1, -0.05) is 58.6 Å². The molecule has 1 amide bonds. The van der Waals surface area contributed by atoms with Gasteiger partial charge >= 0.3 is 0 Å². The first-order valence-corrected chi connectivity index (χ1v) is 11.9. The van der Waals surface area contributed by atoms with Gasteiger partial charge in [0.15, 0.2) is 0 Å². The van der Waals surface area contributed by atoms with E-state index in [9.17, 15) is 17.6 Å². The number of hydrogen-bond donors (Lipinski definition) is 1. The molecule has 0 atom stereocenters. The third-order valence-electron chi connectivity index (χ3n) is 4.54. The minimum atomic E-state index is -4.05. The molecule has 10 heteroatoms. The van der Waals surface area contributed by atoms with Gasteiger partial charge in [-0.05, 0) is 55.0 Å². The van der Waals surface area contributed by atoms with Gasteiger partial charge in [-0.25, -0.2) is 12.8 Å². The van der Waals surface area contributed by atoms with Gasteiger partial charge in [0.1, 0.15) is 5.82 Å². The number of sulfonamides is 1. The quantitative estimate of drug-likeness (QED) is 0.424. The lowest BCUT2D eigenvalue weighted by molar-refractivity contribution is -0.116. The summed E-state index contributed by atoms with van der Waals surface area (Å²) < 4.78 is 41.0. The molecule has 0 saturated carbocycles. The van der Waals surface area contributed by atoms with Crippen molar-refractivity contribution in [3.63, 3.8) is 0 Å². The number of halogens is 4. The van der Waals surface area contributed by atoms with E-state index in [2.05, 4.69) is 5.32 Å². The number of carbonyl (C=O) groups is 1. The number of anilines is 1. The summed E-state index contributed by atoms with van der Waals surface area (Å²) in [6.07, 6.45) is 0. The number of nitrogens with one attached hydrogen (secondary N) is 1. The van der Waals surface area contributed by atoms with Crippen LogP contribution < -0.4 is 5.32 Å². The van der Waals surface area contributed by atoms with Gasteiger partial charge in [0, 0.05) is 22.3 Å². The Morgan fingerprint density at radius 3 is 2.28 bits per heavy atom. The molecule has 3 aromatic rings. The zero-order valence-corrected chi connectivity index (χ0v) is 19.9. The van der Waals surface area contributed by atoms with E-state index in [1.54, 1.807) is 24.3 Å². The van der Waals surface area contributed by atoms with Gasteiger partial charge in [0.2, 0.25) is 15.9 Å². The summed E-state index contributed by atoms with van der Waals surface area (Å²) >= 11 is 17.9. The average Bonchev–Trinajstić information content (AvgIpc) is 2.72. The van der Waals surface area contributed by atoms with Crippen molar-refractivity contribution in [3.8, 4) is 0 Å². The molecule has 168 valence electrons. The lowest BCUT2D eigenvalue weighted by atomic mass is 10.2. The summed E-state index contributed by atoms with van der Waals surface area (Å²) in [7, 11) is -4.05. The van der Waals surface area contributed by atoms with Gasteiger partial charge in [-0.2, -0.15) is 4.31 Å². The molecule has 0 fully saturated rings. The number of hydrogen-bond acceptors (Lipinski definition) is 3. The van der Waals surface area contributed by atoms with Crippen molar-refractivity contribution >= 4 is 56.4 Å². The highest BCUT2D eigenvalue weighted by molar-refractivity contribution is 7.89. The molecule has 3 aromatic carbocycles. The molecule has 0 bridgehead atoms. The molecule has 0 radical (unpaired) electrons. The standard InChI is InChI=1S/C22H18Cl3FN2O3S/c1-14-2-7-18(8-3-14)32(30,31)28(12-15-4-5-16(23)10-19(15)24)13-22(29)27-17-6-9-21(26)20(25)11-17/h2-11H,12-13H2,1H3,(H,27,29). The normalized spacial score (nSPS) is 11.6. The van der Waals surface area contributed by atoms with Crippen LogP contribution in [0.5, 0.6) is 0 Å². The van der Waals surface area contributed by atoms with E-state index in [1.165, 1.54) is 30.3 Å². The van der Waals surface area contributed by atoms with E-state index in [1.807, 2.05) is 6.92 Å². The van der Waals surface area contributed by atoms with Crippen LogP contribution in [0.4, 0.5) is 10.1 Å². The average molecular weight is 516 g/mol. The molecule has 1 N–H and O–H groups in total. The highest BCUT2D eigenvalue weighted by atomic mass is 35.5. The fourth-order valence-electron chi connectivity index (χ4n) is 2.86. The second kappa shape index (κ2) is 10.2. The molecule has 3 rings (SSSR count). The number of rotatable bonds is 7. The number of nitrogens with zero attached hydrogens (tertiary/aromatic N) is 1. The molecule has 0 heterocycles. The third-order valence-corrected chi connectivity index (χ3v) is 7.23. The maximum Gasteiger partial charge on any atom is 0.243 e. The fourth-order valence-corrected chi connectivity index (χ4v) is 4.88. The Hall–Kier alpha value is -2.16. The van der Waals surface area contributed by atoms with Crippen molar-refractivity contribution in [2.45, 2.75) is 18.4 Å². The lowest BCUT2D eigenvalue weighted by Crippen LogP contribution is -2.37. The summed E-state index contributed by atoms with van der Waals surface area (Å²) in [5, 5.41) is 3.04. The topological polar surface area (TPSA) is 66.5 Å². The minimum absolute atomic E-state index is 0.0332. The van der Waals surface area contributed by atoms with Crippen LogP contribution in [-0.2, 0) is 21.4 Å². The van der Waals surface area contributed by atoms with Crippen LogP contribution in [0.1, 0.15) is 11.1 Å². The van der Waals surface area contributed by atoms with Crippen LogP contribution in [0.25, 0.3) is 0 Å². The Kier molecular flexibility index (Phi) is 7.79.